The number of nitrogens with zero attached hydrogens (tertiary/aromatic N) is 1. The molecule has 1 saturated heterocycles. The molecule has 0 N–H and O–H groups in total. The number of benzene rings is 1. The highest BCUT2D eigenvalue weighted by Gasteiger charge is 2.11. The summed E-state index contributed by atoms with van der Waals surface area (Å²) in [4.78, 5) is 2.45. The van der Waals surface area contributed by atoms with Crippen molar-refractivity contribution in [3.05, 3.63) is 34.9 Å². The maximum atomic E-state index is 5.81. The van der Waals surface area contributed by atoms with Crippen molar-refractivity contribution >= 4 is 23.4 Å². The Hall–Kier alpha value is -0.180. The van der Waals surface area contributed by atoms with Gasteiger partial charge >= 0.3 is 0 Å². The van der Waals surface area contributed by atoms with Gasteiger partial charge in [-0.25, -0.2) is 0 Å². The molecule has 70 valence electrons. The Bertz CT molecular complexity index is 267. The van der Waals surface area contributed by atoms with Gasteiger partial charge in [0.2, 0.25) is 0 Å². The van der Waals surface area contributed by atoms with E-state index < -0.39 is 0 Å². The summed E-state index contributed by atoms with van der Waals surface area (Å²) in [5, 5.41) is 0.819. The summed E-state index contributed by atoms with van der Waals surface area (Å²) >= 11 is 7.82. The monoisotopic (exact) mass is 213 g/mol. The fourth-order valence-electron chi connectivity index (χ4n) is 1.42. The quantitative estimate of drug-likeness (QED) is 0.744. The highest BCUT2D eigenvalue weighted by atomic mass is 35.5. The smallest absolute Gasteiger partial charge is 0.0448 e. The van der Waals surface area contributed by atoms with E-state index >= 15 is 0 Å². The molecule has 3 heteroatoms. The van der Waals surface area contributed by atoms with Crippen molar-refractivity contribution in [3.8, 4) is 0 Å². The van der Waals surface area contributed by atoms with E-state index in [1.165, 1.54) is 23.7 Å². The van der Waals surface area contributed by atoms with Crippen LogP contribution in [0.15, 0.2) is 24.3 Å². The molecule has 0 aromatic heterocycles. The SMILES string of the molecule is Clc1ccc(CN2CCSC2)cc1. The first-order valence-electron chi connectivity index (χ1n) is 4.39. The fraction of sp³-hybridized carbons (Fsp3) is 0.400. The Morgan fingerprint density at radius 3 is 2.69 bits per heavy atom. The molecular formula is C10H12ClNS. The first-order chi connectivity index (χ1) is 6.34. The molecule has 0 saturated carbocycles. The summed E-state index contributed by atoms with van der Waals surface area (Å²) in [7, 11) is 0. The zero-order valence-corrected chi connectivity index (χ0v) is 8.94. The molecule has 0 aliphatic carbocycles. The molecule has 0 atom stereocenters. The van der Waals surface area contributed by atoms with Gasteiger partial charge in [0.1, 0.15) is 0 Å². The molecule has 0 spiro atoms. The fourth-order valence-corrected chi connectivity index (χ4v) is 2.55. The Morgan fingerprint density at radius 1 is 1.31 bits per heavy atom. The molecule has 1 heterocycles. The normalized spacial score (nSPS) is 17.9. The molecule has 2 rings (SSSR count). The number of hydrogen-bond acceptors (Lipinski definition) is 2. The predicted molar refractivity (Wildman–Crippen MR) is 59.2 cm³/mol. The summed E-state index contributed by atoms with van der Waals surface area (Å²) in [6, 6.07) is 8.12. The van der Waals surface area contributed by atoms with E-state index in [4.69, 9.17) is 11.6 Å². The van der Waals surface area contributed by atoms with E-state index in [-0.39, 0.29) is 0 Å². The van der Waals surface area contributed by atoms with Crippen molar-refractivity contribution in [1.82, 2.24) is 4.90 Å². The topological polar surface area (TPSA) is 3.24 Å². The summed E-state index contributed by atoms with van der Waals surface area (Å²) in [6.45, 7) is 2.28. The van der Waals surface area contributed by atoms with E-state index in [1.54, 1.807) is 0 Å². The molecule has 0 bridgehead atoms. The van der Waals surface area contributed by atoms with Crippen LogP contribution in [0.4, 0.5) is 0 Å². The average molecular weight is 214 g/mol. The summed E-state index contributed by atoms with van der Waals surface area (Å²) in [6.07, 6.45) is 0. The van der Waals surface area contributed by atoms with Crippen molar-refractivity contribution in [2.75, 3.05) is 18.2 Å². The van der Waals surface area contributed by atoms with Crippen LogP contribution < -0.4 is 0 Å². The van der Waals surface area contributed by atoms with E-state index in [2.05, 4.69) is 17.0 Å². The highest BCUT2D eigenvalue weighted by Crippen LogP contribution is 2.17. The largest absolute Gasteiger partial charge is 0.289 e. The molecule has 1 aromatic rings. The van der Waals surface area contributed by atoms with Crippen LogP contribution in [0, 0.1) is 0 Å². The lowest BCUT2D eigenvalue weighted by molar-refractivity contribution is 0.349. The summed E-state index contributed by atoms with van der Waals surface area (Å²) < 4.78 is 0. The van der Waals surface area contributed by atoms with Crippen molar-refractivity contribution in [2.45, 2.75) is 6.54 Å². The number of hydrogen-bond donors (Lipinski definition) is 0. The first kappa shape index (κ1) is 9.38. The predicted octanol–water partition coefficient (Wildman–Crippen LogP) is 2.85. The van der Waals surface area contributed by atoms with Crippen molar-refractivity contribution in [3.63, 3.8) is 0 Å². The molecule has 1 aliphatic rings. The van der Waals surface area contributed by atoms with Gasteiger partial charge in [-0.15, -0.1) is 11.8 Å². The van der Waals surface area contributed by atoms with E-state index in [9.17, 15) is 0 Å². The minimum Gasteiger partial charge on any atom is -0.289 e. The van der Waals surface area contributed by atoms with Crippen molar-refractivity contribution < 1.29 is 0 Å². The van der Waals surface area contributed by atoms with Gasteiger partial charge in [0, 0.05) is 29.7 Å². The minimum atomic E-state index is 0.819. The lowest BCUT2D eigenvalue weighted by Gasteiger charge is -2.13. The lowest BCUT2D eigenvalue weighted by atomic mass is 10.2. The van der Waals surface area contributed by atoms with E-state index in [1.807, 2.05) is 23.9 Å². The van der Waals surface area contributed by atoms with Gasteiger partial charge in [-0.3, -0.25) is 4.90 Å². The van der Waals surface area contributed by atoms with Crippen LogP contribution in [0.5, 0.6) is 0 Å². The molecule has 0 amide bonds. The summed E-state index contributed by atoms with van der Waals surface area (Å²) in [5.74, 6) is 2.44. The maximum absolute atomic E-state index is 5.81. The van der Waals surface area contributed by atoms with Crippen molar-refractivity contribution in [2.24, 2.45) is 0 Å². The molecule has 1 fully saturated rings. The van der Waals surface area contributed by atoms with Crippen molar-refractivity contribution in [1.29, 1.82) is 0 Å². The maximum Gasteiger partial charge on any atom is 0.0448 e. The third-order valence-electron chi connectivity index (χ3n) is 2.15. The van der Waals surface area contributed by atoms with Gasteiger partial charge in [-0.1, -0.05) is 23.7 Å². The third-order valence-corrected chi connectivity index (χ3v) is 3.42. The van der Waals surface area contributed by atoms with Crippen LogP contribution >= 0.6 is 23.4 Å². The van der Waals surface area contributed by atoms with Gasteiger partial charge in [0.15, 0.2) is 0 Å². The second kappa shape index (κ2) is 4.36. The molecule has 0 radical (unpaired) electrons. The zero-order chi connectivity index (χ0) is 9.10. The molecule has 13 heavy (non-hydrogen) atoms. The number of halogens is 1. The van der Waals surface area contributed by atoms with E-state index in [0.29, 0.717) is 0 Å². The molecule has 1 aromatic carbocycles. The minimum absolute atomic E-state index is 0.819. The van der Waals surface area contributed by atoms with E-state index in [0.717, 1.165) is 11.6 Å². The Kier molecular flexibility index (Phi) is 3.14. The Labute approximate surface area is 88.1 Å². The number of rotatable bonds is 2. The van der Waals surface area contributed by atoms with Gasteiger partial charge in [-0.2, -0.15) is 0 Å². The van der Waals surface area contributed by atoms with Crippen LogP contribution in [0.2, 0.25) is 5.02 Å². The average Bonchev–Trinajstić information content (AvgIpc) is 2.62. The molecule has 1 aliphatic heterocycles. The molecule has 0 unspecified atom stereocenters. The third kappa shape index (κ3) is 2.63. The van der Waals surface area contributed by atoms with Crippen LogP contribution in [0.3, 0.4) is 0 Å². The Morgan fingerprint density at radius 2 is 2.08 bits per heavy atom. The van der Waals surface area contributed by atoms with Crippen LogP contribution in [-0.4, -0.2) is 23.1 Å². The summed E-state index contributed by atoms with van der Waals surface area (Å²) in [5.41, 5.74) is 1.35. The zero-order valence-electron chi connectivity index (χ0n) is 7.37. The molecule has 1 nitrogen and oxygen atoms in total. The standard InChI is InChI=1S/C10H12ClNS/c11-10-3-1-9(2-4-10)7-12-5-6-13-8-12/h1-4H,5-8H2. The number of thioether (sulfide) groups is 1. The highest BCUT2D eigenvalue weighted by molar-refractivity contribution is 7.99. The lowest BCUT2D eigenvalue weighted by Crippen LogP contribution is -2.18. The van der Waals surface area contributed by atoms with Crippen LogP contribution in [0.1, 0.15) is 5.56 Å². The Balaban J connectivity index is 1.97. The van der Waals surface area contributed by atoms with Gasteiger partial charge in [-0.05, 0) is 17.7 Å². The second-order valence-corrected chi connectivity index (χ2v) is 4.73. The first-order valence-corrected chi connectivity index (χ1v) is 5.92. The van der Waals surface area contributed by atoms with Crippen LogP contribution in [0.25, 0.3) is 0 Å². The second-order valence-electron chi connectivity index (χ2n) is 3.22. The van der Waals surface area contributed by atoms with Crippen LogP contribution in [-0.2, 0) is 6.54 Å². The molecular weight excluding hydrogens is 202 g/mol. The van der Waals surface area contributed by atoms with Gasteiger partial charge in [0.25, 0.3) is 0 Å². The van der Waals surface area contributed by atoms with Gasteiger partial charge in [0.05, 0.1) is 0 Å². The van der Waals surface area contributed by atoms with Gasteiger partial charge < -0.3 is 0 Å².